The summed E-state index contributed by atoms with van der Waals surface area (Å²) >= 11 is 0. The van der Waals surface area contributed by atoms with Crippen molar-refractivity contribution in [1.82, 2.24) is 0 Å². The number of fused-ring (bicyclic) bond motifs is 1. The Bertz CT molecular complexity index is 667. The molecule has 132 valence electrons. The van der Waals surface area contributed by atoms with E-state index in [1.54, 1.807) is 6.08 Å². The summed E-state index contributed by atoms with van der Waals surface area (Å²) in [5.41, 5.74) is 2.93. The average Bonchev–Trinajstić information content (AvgIpc) is 2.49. The zero-order valence-electron chi connectivity index (χ0n) is 15.0. The minimum absolute atomic E-state index is 0.115. The molecular weight excluding hydrogens is 324 g/mol. The summed E-state index contributed by atoms with van der Waals surface area (Å²) in [4.78, 5) is 24.2. The summed E-state index contributed by atoms with van der Waals surface area (Å²) in [6.45, 7) is 8.19. The maximum absolute atomic E-state index is 12.3. The van der Waals surface area contributed by atoms with Gasteiger partial charge in [-0.3, -0.25) is 9.00 Å². The average molecular weight is 350 g/mol. The van der Waals surface area contributed by atoms with Gasteiger partial charge < -0.3 is 4.74 Å². The van der Waals surface area contributed by atoms with Crippen LogP contribution >= 0.6 is 0 Å². The van der Waals surface area contributed by atoms with Crippen molar-refractivity contribution in [3.8, 4) is 0 Å². The Morgan fingerprint density at radius 2 is 2.08 bits per heavy atom. The molecule has 0 aliphatic heterocycles. The van der Waals surface area contributed by atoms with Gasteiger partial charge in [0.15, 0.2) is 5.78 Å². The van der Waals surface area contributed by atoms with E-state index in [1.165, 1.54) is 23.3 Å². The Hall–Kier alpha value is -1.49. The van der Waals surface area contributed by atoms with Crippen molar-refractivity contribution in [3.63, 3.8) is 0 Å². The van der Waals surface area contributed by atoms with Crippen LogP contribution in [0.1, 0.15) is 47.0 Å². The van der Waals surface area contributed by atoms with Crippen molar-refractivity contribution >= 4 is 22.6 Å². The maximum Gasteiger partial charge on any atom is 0.331 e. The minimum Gasteiger partial charge on any atom is -0.459 e. The molecule has 0 spiro atoms. The van der Waals surface area contributed by atoms with Crippen LogP contribution in [0.4, 0.5) is 0 Å². The molecule has 1 saturated carbocycles. The van der Waals surface area contributed by atoms with Crippen molar-refractivity contribution < 1.29 is 18.5 Å². The third-order valence-corrected chi connectivity index (χ3v) is 5.93. The predicted molar refractivity (Wildman–Crippen MR) is 95.7 cm³/mol. The molecule has 24 heavy (non-hydrogen) atoms. The standard InChI is InChI=1S/C19H26O4S/c1-12(2)15-11-19(4)13(3)17(7-6-14(19)10-16(15)20)23-18(21)8-9-24(5)22/h8-10,13,17H,6-7,11H2,1-5H3/b9-8+/t13-,17+,19+,24-/m0/s1. The van der Waals surface area contributed by atoms with Gasteiger partial charge in [0.25, 0.3) is 0 Å². The first-order valence-electron chi connectivity index (χ1n) is 8.28. The van der Waals surface area contributed by atoms with E-state index in [0.29, 0.717) is 6.42 Å². The number of hydrogen-bond donors (Lipinski definition) is 0. The number of carbonyl (C=O) groups excluding carboxylic acids is 2. The molecular formula is C19H26O4S. The largest absolute Gasteiger partial charge is 0.459 e. The molecule has 0 aromatic carbocycles. The molecule has 0 radical (unpaired) electrons. The number of esters is 1. The molecule has 2 rings (SSSR count). The third-order valence-electron chi connectivity index (χ3n) is 5.41. The highest BCUT2D eigenvalue weighted by Crippen LogP contribution is 2.52. The quantitative estimate of drug-likeness (QED) is 0.578. The number of ketones is 1. The van der Waals surface area contributed by atoms with Crippen LogP contribution < -0.4 is 0 Å². The Morgan fingerprint density at radius 1 is 1.42 bits per heavy atom. The molecule has 2 aliphatic carbocycles. The highest BCUT2D eigenvalue weighted by Gasteiger charge is 2.47. The molecule has 4 atom stereocenters. The minimum atomic E-state index is -1.16. The van der Waals surface area contributed by atoms with Crippen molar-refractivity contribution in [3.05, 3.63) is 34.3 Å². The molecule has 0 amide bonds. The summed E-state index contributed by atoms with van der Waals surface area (Å²) in [7, 11) is -1.16. The third kappa shape index (κ3) is 3.77. The van der Waals surface area contributed by atoms with Crippen LogP contribution in [0.3, 0.4) is 0 Å². The van der Waals surface area contributed by atoms with Gasteiger partial charge in [-0.15, -0.1) is 0 Å². The topological polar surface area (TPSA) is 60.4 Å². The van der Waals surface area contributed by atoms with Crippen molar-refractivity contribution in [1.29, 1.82) is 0 Å². The van der Waals surface area contributed by atoms with Crippen LogP contribution in [0.2, 0.25) is 0 Å². The van der Waals surface area contributed by atoms with E-state index in [9.17, 15) is 13.8 Å². The second kappa shape index (κ2) is 7.18. The van der Waals surface area contributed by atoms with Crippen LogP contribution in [0.25, 0.3) is 0 Å². The normalized spacial score (nSPS) is 31.5. The second-order valence-corrected chi connectivity index (χ2v) is 8.48. The van der Waals surface area contributed by atoms with E-state index in [0.717, 1.165) is 24.0 Å². The Kier molecular flexibility index (Phi) is 5.63. The van der Waals surface area contributed by atoms with Gasteiger partial charge in [0.2, 0.25) is 0 Å². The summed E-state index contributed by atoms with van der Waals surface area (Å²) in [6, 6.07) is 0. The molecule has 0 saturated heterocycles. The Labute approximate surface area is 146 Å². The first kappa shape index (κ1) is 18.8. The lowest BCUT2D eigenvalue weighted by Crippen LogP contribution is -2.44. The van der Waals surface area contributed by atoms with Crippen molar-refractivity contribution in [2.75, 3.05) is 6.26 Å². The van der Waals surface area contributed by atoms with E-state index in [2.05, 4.69) is 13.8 Å². The number of hydrogen-bond acceptors (Lipinski definition) is 4. The summed E-state index contributed by atoms with van der Waals surface area (Å²) < 4.78 is 16.6. The molecule has 1 fully saturated rings. The highest BCUT2D eigenvalue weighted by atomic mass is 32.2. The van der Waals surface area contributed by atoms with Gasteiger partial charge in [-0.05, 0) is 50.2 Å². The Balaban J connectivity index is 2.22. The summed E-state index contributed by atoms with van der Waals surface area (Å²) in [6.07, 6.45) is 6.53. The van der Waals surface area contributed by atoms with Gasteiger partial charge in [-0.25, -0.2) is 4.79 Å². The van der Waals surface area contributed by atoms with Gasteiger partial charge in [-0.1, -0.05) is 25.0 Å². The van der Waals surface area contributed by atoms with Crippen LogP contribution in [-0.4, -0.2) is 28.3 Å². The zero-order chi connectivity index (χ0) is 18.1. The maximum atomic E-state index is 12.3. The number of rotatable bonds is 3. The van der Waals surface area contributed by atoms with Crippen LogP contribution in [-0.2, 0) is 25.1 Å². The molecule has 4 nitrogen and oxygen atoms in total. The molecule has 0 aromatic heterocycles. The van der Waals surface area contributed by atoms with Crippen molar-refractivity contribution in [2.45, 2.75) is 53.1 Å². The van der Waals surface area contributed by atoms with Crippen LogP contribution in [0.15, 0.2) is 34.3 Å². The predicted octanol–water partition coefficient (Wildman–Crippen LogP) is 3.46. The summed E-state index contributed by atoms with van der Waals surface area (Å²) in [5.74, 6) is -0.213. The molecule has 2 aliphatic rings. The fourth-order valence-electron chi connectivity index (χ4n) is 3.67. The van der Waals surface area contributed by atoms with E-state index >= 15 is 0 Å². The number of ether oxygens (including phenoxy) is 1. The van der Waals surface area contributed by atoms with E-state index in [-0.39, 0.29) is 23.2 Å². The first-order valence-corrected chi connectivity index (χ1v) is 9.90. The van der Waals surface area contributed by atoms with E-state index in [1.807, 2.05) is 13.8 Å². The zero-order valence-corrected chi connectivity index (χ0v) is 15.9. The molecule has 0 aromatic rings. The lowest BCUT2D eigenvalue weighted by molar-refractivity contribution is -0.149. The number of allylic oxidation sites excluding steroid dienone is 4. The molecule has 0 heterocycles. The smallest absolute Gasteiger partial charge is 0.331 e. The SMILES string of the molecule is CC(C)=C1C[C@@]2(C)C(=CC1=O)CC[C@@H](OC(=O)/C=C/[S@](C)=O)[C@@H]2C. The monoisotopic (exact) mass is 350 g/mol. The molecule has 0 N–H and O–H groups in total. The van der Waals surface area contributed by atoms with Crippen LogP contribution in [0.5, 0.6) is 0 Å². The first-order chi connectivity index (χ1) is 11.1. The highest BCUT2D eigenvalue weighted by molar-refractivity contribution is 7.87. The number of carbonyl (C=O) groups is 2. The van der Waals surface area contributed by atoms with Crippen molar-refractivity contribution in [2.24, 2.45) is 11.3 Å². The second-order valence-electron chi connectivity index (χ2n) is 7.21. The fraction of sp³-hybridized carbons (Fsp3) is 0.579. The molecule has 0 unspecified atom stereocenters. The van der Waals surface area contributed by atoms with Gasteiger partial charge in [0.05, 0.1) is 0 Å². The van der Waals surface area contributed by atoms with Gasteiger partial charge >= 0.3 is 5.97 Å². The van der Waals surface area contributed by atoms with Gasteiger partial charge in [0, 0.05) is 34.5 Å². The lowest BCUT2D eigenvalue weighted by Gasteiger charge is -2.48. The Morgan fingerprint density at radius 3 is 2.67 bits per heavy atom. The van der Waals surface area contributed by atoms with E-state index < -0.39 is 16.8 Å². The fourth-order valence-corrected chi connectivity index (χ4v) is 3.97. The lowest BCUT2D eigenvalue weighted by atomic mass is 9.58. The summed E-state index contributed by atoms with van der Waals surface area (Å²) in [5, 5.41) is 1.34. The van der Waals surface area contributed by atoms with Crippen LogP contribution in [0, 0.1) is 11.3 Å². The van der Waals surface area contributed by atoms with Gasteiger partial charge in [0.1, 0.15) is 6.10 Å². The molecule has 0 bridgehead atoms. The van der Waals surface area contributed by atoms with Gasteiger partial charge in [-0.2, -0.15) is 0 Å². The van der Waals surface area contributed by atoms with E-state index in [4.69, 9.17) is 4.74 Å². The molecule has 5 heteroatoms.